The normalized spacial score (nSPS) is 16.1. The molecule has 2 aromatic carbocycles. The van der Waals surface area contributed by atoms with Gasteiger partial charge in [-0.1, -0.05) is 119 Å². The second-order valence-corrected chi connectivity index (χ2v) is 15.0. The van der Waals surface area contributed by atoms with Crippen LogP contribution < -0.4 is 14.5 Å². The Kier molecular flexibility index (Phi) is 19.3. The molecule has 1 N–H and O–H groups in total. The molecule has 2 heterocycles. The minimum atomic E-state index is -1.04. The number of amides is 1. The molecule has 4 rings (SSSR count). The number of carbonyl (C=O) groups is 2. The van der Waals surface area contributed by atoms with Crippen LogP contribution in [0.25, 0.3) is 0 Å². The van der Waals surface area contributed by atoms with Crippen LogP contribution in [0.1, 0.15) is 122 Å². The summed E-state index contributed by atoms with van der Waals surface area (Å²) < 4.78 is 16.5. The minimum absolute atomic E-state index is 0.307. The van der Waals surface area contributed by atoms with Crippen LogP contribution >= 0.6 is 23.2 Å². The number of benzene rings is 2. The maximum Gasteiger partial charge on any atom is 0.419 e. The Morgan fingerprint density at radius 1 is 0.788 bits per heavy atom. The third kappa shape index (κ3) is 14.3. The summed E-state index contributed by atoms with van der Waals surface area (Å²) in [5.74, 6) is 0.248. The quantitative estimate of drug-likeness (QED) is 0.0680. The van der Waals surface area contributed by atoms with Gasteiger partial charge in [-0.05, 0) is 62.4 Å². The van der Waals surface area contributed by atoms with Crippen molar-refractivity contribution in [1.82, 2.24) is 4.90 Å². The number of nitrogens with zero attached hydrogens (tertiary/aromatic N) is 3. The highest BCUT2D eigenvalue weighted by atomic mass is 35.5. The largest absolute Gasteiger partial charge is 0.494 e. The number of fused-ring (bicyclic) bond motifs is 1. The lowest BCUT2D eigenvalue weighted by atomic mass is 10.0. The lowest BCUT2D eigenvalue weighted by Crippen LogP contribution is -2.46. The van der Waals surface area contributed by atoms with E-state index in [9.17, 15) is 14.7 Å². The van der Waals surface area contributed by atoms with Crippen molar-refractivity contribution in [1.29, 1.82) is 0 Å². The summed E-state index contributed by atoms with van der Waals surface area (Å²) in [5, 5.41) is 11.9. The number of esters is 1. The fourth-order valence-corrected chi connectivity index (χ4v) is 7.43. The molecule has 11 heteroatoms. The maximum atomic E-state index is 13.0. The standard InChI is InChI=1S/C41H61Cl2N3O6/c1-2-3-4-5-6-7-8-9-10-11-12-13-14-20-39(48)51-32-52-41(49)46-37-31-34(23-21-33(37)22-24-38(46)47)50-30-16-15-25-44-26-28-45(29-27-44)36-19-17-18-35(42)40(36)43/h17-19,21,23,31,38,47H,2-16,20,22,24-30,32H2,1H3. The van der Waals surface area contributed by atoms with E-state index in [0.717, 1.165) is 76.1 Å². The first-order chi connectivity index (χ1) is 25.4. The smallest absolute Gasteiger partial charge is 0.419 e. The van der Waals surface area contributed by atoms with Crippen molar-refractivity contribution in [2.45, 2.75) is 129 Å². The molecule has 0 radical (unpaired) electrons. The van der Waals surface area contributed by atoms with E-state index >= 15 is 0 Å². The molecule has 1 atom stereocenters. The van der Waals surface area contributed by atoms with Gasteiger partial charge in [-0.25, -0.2) is 4.79 Å². The van der Waals surface area contributed by atoms with Gasteiger partial charge in [0.2, 0.25) is 6.79 Å². The number of hydrogen-bond donors (Lipinski definition) is 1. The molecule has 0 bridgehead atoms. The van der Waals surface area contributed by atoms with E-state index in [4.69, 9.17) is 37.4 Å². The Morgan fingerprint density at radius 2 is 1.46 bits per heavy atom. The number of rotatable bonds is 23. The molecule has 290 valence electrons. The van der Waals surface area contributed by atoms with Crippen molar-refractivity contribution < 1.29 is 28.9 Å². The van der Waals surface area contributed by atoms with E-state index < -0.39 is 19.1 Å². The van der Waals surface area contributed by atoms with Crippen LogP contribution in [-0.2, 0) is 20.7 Å². The summed E-state index contributed by atoms with van der Waals surface area (Å²) in [6, 6.07) is 11.4. The highest BCUT2D eigenvalue weighted by molar-refractivity contribution is 6.43. The predicted molar refractivity (Wildman–Crippen MR) is 211 cm³/mol. The summed E-state index contributed by atoms with van der Waals surface area (Å²) in [6.07, 6.45) is 17.5. The SMILES string of the molecule is CCCCCCCCCCCCCCCC(=O)OCOC(=O)N1c2cc(OCCCCN3CCN(c4cccc(Cl)c4Cl)CC3)ccc2CCC1O. The number of unbranched alkanes of at least 4 members (excludes halogenated alkanes) is 13. The van der Waals surface area contributed by atoms with Gasteiger partial charge in [-0.15, -0.1) is 0 Å². The number of anilines is 2. The first-order valence-corrected chi connectivity index (χ1v) is 20.6. The molecule has 0 spiro atoms. The van der Waals surface area contributed by atoms with Gasteiger partial charge in [-0.3, -0.25) is 14.6 Å². The summed E-state index contributed by atoms with van der Waals surface area (Å²) in [6.45, 7) is 7.02. The summed E-state index contributed by atoms with van der Waals surface area (Å²) >= 11 is 12.6. The van der Waals surface area contributed by atoms with Crippen molar-refractivity contribution in [3.05, 3.63) is 52.0 Å². The van der Waals surface area contributed by atoms with E-state index in [1.54, 1.807) is 6.07 Å². The molecule has 0 saturated carbocycles. The zero-order valence-corrected chi connectivity index (χ0v) is 32.8. The number of carbonyl (C=O) groups excluding carboxylic acids is 2. The molecule has 52 heavy (non-hydrogen) atoms. The lowest BCUT2D eigenvalue weighted by molar-refractivity contribution is -0.151. The first-order valence-electron chi connectivity index (χ1n) is 19.8. The average Bonchev–Trinajstić information content (AvgIpc) is 3.14. The highest BCUT2D eigenvalue weighted by Gasteiger charge is 2.31. The summed E-state index contributed by atoms with van der Waals surface area (Å²) in [5.41, 5.74) is 2.47. The van der Waals surface area contributed by atoms with Crippen molar-refractivity contribution in [2.75, 3.05) is 55.9 Å². The van der Waals surface area contributed by atoms with Gasteiger partial charge in [-0.2, -0.15) is 0 Å². The van der Waals surface area contributed by atoms with E-state index in [1.165, 1.54) is 69.1 Å². The Labute approximate surface area is 321 Å². The van der Waals surface area contributed by atoms with E-state index in [1.807, 2.05) is 30.3 Å². The molecule has 2 aliphatic heterocycles. The topological polar surface area (TPSA) is 91.8 Å². The van der Waals surface area contributed by atoms with Gasteiger partial charge in [0.25, 0.3) is 0 Å². The van der Waals surface area contributed by atoms with Crippen molar-refractivity contribution in [3.63, 3.8) is 0 Å². The van der Waals surface area contributed by atoms with Crippen LogP contribution in [0.4, 0.5) is 16.2 Å². The predicted octanol–water partition coefficient (Wildman–Crippen LogP) is 10.2. The van der Waals surface area contributed by atoms with Crippen molar-refractivity contribution in [3.8, 4) is 5.75 Å². The van der Waals surface area contributed by atoms with Crippen LogP contribution in [0.2, 0.25) is 10.0 Å². The molecule has 2 aliphatic rings. The molecule has 0 aromatic heterocycles. The van der Waals surface area contributed by atoms with Crippen LogP contribution in [0, 0.1) is 0 Å². The van der Waals surface area contributed by atoms with E-state index in [-0.39, 0.29) is 5.97 Å². The number of halogens is 2. The second-order valence-electron chi connectivity index (χ2n) is 14.2. The van der Waals surface area contributed by atoms with Gasteiger partial charge in [0.15, 0.2) is 0 Å². The summed E-state index contributed by atoms with van der Waals surface area (Å²) in [7, 11) is 0. The number of aryl methyl sites for hydroxylation is 1. The number of aliphatic hydroxyl groups is 1. The number of piperazine rings is 1. The third-order valence-corrected chi connectivity index (χ3v) is 11.0. The van der Waals surface area contributed by atoms with Crippen LogP contribution in [-0.4, -0.2) is 74.4 Å². The van der Waals surface area contributed by atoms with Crippen LogP contribution in [0.15, 0.2) is 36.4 Å². The number of ether oxygens (including phenoxy) is 3. The Bertz CT molecular complexity index is 1360. The van der Waals surface area contributed by atoms with E-state index in [2.05, 4.69) is 16.7 Å². The van der Waals surface area contributed by atoms with E-state index in [0.29, 0.717) is 47.4 Å². The second kappa shape index (κ2) is 23.8. The minimum Gasteiger partial charge on any atom is -0.494 e. The summed E-state index contributed by atoms with van der Waals surface area (Å²) in [4.78, 5) is 31.2. The lowest BCUT2D eigenvalue weighted by Gasteiger charge is -2.36. The average molecular weight is 763 g/mol. The fraction of sp³-hybridized carbons (Fsp3) is 0.659. The fourth-order valence-electron chi connectivity index (χ4n) is 7.01. The Morgan fingerprint density at radius 3 is 2.15 bits per heavy atom. The molecule has 0 aliphatic carbocycles. The molecule has 1 amide bonds. The van der Waals surface area contributed by atoms with Gasteiger partial charge in [0.05, 0.1) is 28.0 Å². The highest BCUT2D eigenvalue weighted by Crippen LogP contribution is 2.35. The van der Waals surface area contributed by atoms with Gasteiger partial charge < -0.3 is 24.2 Å². The molecular weight excluding hydrogens is 701 g/mol. The van der Waals surface area contributed by atoms with Crippen molar-refractivity contribution in [2.24, 2.45) is 0 Å². The molecule has 9 nitrogen and oxygen atoms in total. The van der Waals surface area contributed by atoms with Crippen molar-refractivity contribution >= 4 is 46.6 Å². The molecule has 1 unspecified atom stereocenters. The number of aliphatic hydroxyl groups excluding tert-OH is 1. The Hall–Kier alpha value is -2.72. The zero-order valence-electron chi connectivity index (χ0n) is 31.3. The first kappa shape index (κ1) is 42.0. The van der Waals surface area contributed by atoms with Gasteiger partial charge >= 0.3 is 12.1 Å². The molecule has 2 aromatic rings. The van der Waals surface area contributed by atoms with Gasteiger partial charge in [0.1, 0.15) is 12.0 Å². The zero-order chi connectivity index (χ0) is 37.0. The molecular formula is C41H61Cl2N3O6. The van der Waals surface area contributed by atoms with Gasteiger partial charge in [0, 0.05) is 38.7 Å². The van der Waals surface area contributed by atoms with Crippen LogP contribution in [0.3, 0.4) is 0 Å². The maximum absolute atomic E-state index is 13.0. The molecule has 1 saturated heterocycles. The third-order valence-electron chi connectivity index (χ3n) is 10.2. The Balaban J connectivity index is 1.07. The number of hydrogen-bond acceptors (Lipinski definition) is 8. The molecule has 1 fully saturated rings. The monoisotopic (exact) mass is 761 g/mol. The van der Waals surface area contributed by atoms with Crippen LogP contribution in [0.5, 0.6) is 5.75 Å².